The largest absolute Gasteiger partial charge is 0.508 e. The predicted octanol–water partition coefficient (Wildman–Crippen LogP) is 5.73. The van der Waals surface area contributed by atoms with Crippen molar-refractivity contribution in [3.05, 3.63) is 125 Å². The summed E-state index contributed by atoms with van der Waals surface area (Å²) in [7, 11) is 0. The van der Waals surface area contributed by atoms with E-state index in [1.807, 2.05) is 73.7 Å². The summed E-state index contributed by atoms with van der Waals surface area (Å²) in [6, 6.07) is 31.7. The molecule has 0 radical (unpaired) electrons. The molecule has 2 amide bonds. The highest BCUT2D eigenvalue weighted by atomic mass is 32.2. The van der Waals surface area contributed by atoms with E-state index in [9.17, 15) is 15.0 Å². The molecule has 1 saturated heterocycles. The van der Waals surface area contributed by atoms with E-state index < -0.39 is 12.4 Å². The highest BCUT2D eigenvalue weighted by Gasteiger charge is 2.42. The Hall–Kier alpha value is -4.75. The van der Waals surface area contributed by atoms with Crippen LogP contribution in [0.15, 0.2) is 108 Å². The normalized spacial score (nSPS) is 19.4. The number of carbonyl (C=O) groups is 1. The van der Waals surface area contributed by atoms with Gasteiger partial charge < -0.3 is 30.3 Å². The number of aromatic nitrogens is 4. The van der Waals surface area contributed by atoms with E-state index in [0.717, 1.165) is 22.3 Å². The first-order chi connectivity index (χ1) is 22.5. The maximum Gasteiger partial charge on any atom is 0.319 e. The van der Waals surface area contributed by atoms with Crippen molar-refractivity contribution in [2.45, 2.75) is 43.1 Å². The number of aliphatic hydroxyl groups is 1. The minimum absolute atomic E-state index is 0.0555. The van der Waals surface area contributed by atoms with Crippen LogP contribution in [0.3, 0.4) is 0 Å². The van der Waals surface area contributed by atoms with Gasteiger partial charge in [-0.3, -0.25) is 0 Å². The Morgan fingerprint density at radius 3 is 2.41 bits per heavy atom. The van der Waals surface area contributed by atoms with Gasteiger partial charge >= 0.3 is 6.03 Å². The molecule has 1 unspecified atom stereocenters. The molecule has 0 spiro atoms. The monoisotopic (exact) mass is 638 g/mol. The van der Waals surface area contributed by atoms with Gasteiger partial charge in [-0.05, 0) is 70.4 Å². The van der Waals surface area contributed by atoms with E-state index >= 15 is 0 Å². The molecule has 236 valence electrons. The summed E-state index contributed by atoms with van der Waals surface area (Å²) in [5.41, 5.74) is 4.88. The molecule has 1 aliphatic heterocycles. The number of ether oxygens (including phenoxy) is 2. The number of aliphatic hydroxyl groups excluding tert-OH is 1. The molecular formula is C34H34N6O5S. The summed E-state index contributed by atoms with van der Waals surface area (Å²) in [6.45, 7) is 2.31. The first-order valence-corrected chi connectivity index (χ1v) is 15.9. The topological polar surface area (TPSA) is 144 Å². The number of tetrazole rings is 1. The number of anilines is 1. The lowest BCUT2D eigenvalue weighted by Gasteiger charge is -2.43. The number of hydrogen-bond acceptors (Lipinski definition) is 9. The first-order valence-electron chi connectivity index (χ1n) is 14.9. The van der Waals surface area contributed by atoms with Gasteiger partial charge in [0, 0.05) is 29.5 Å². The SMILES string of the molecule is CCNC(=O)Nc1cccc(C2O[C@H](CSc3nnnn3-c3ccc(O)cc3)[C@@H](c3ccccc3)[C@H](c3ccc(CO)cc3)O2)c1. The van der Waals surface area contributed by atoms with Crippen molar-refractivity contribution in [2.75, 3.05) is 17.6 Å². The molecular weight excluding hydrogens is 604 g/mol. The van der Waals surface area contributed by atoms with E-state index in [1.54, 1.807) is 28.9 Å². The molecule has 4 atom stereocenters. The number of rotatable bonds is 10. The Morgan fingerprint density at radius 1 is 0.913 bits per heavy atom. The van der Waals surface area contributed by atoms with E-state index in [2.05, 4.69) is 38.3 Å². The Balaban J connectivity index is 1.35. The van der Waals surface area contributed by atoms with Crippen LogP contribution in [0.25, 0.3) is 5.69 Å². The van der Waals surface area contributed by atoms with Gasteiger partial charge in [0.25, 0.3) is 0 Å². The van der Waals surface area contributed by atoms with Crippen molar-refractivity contribution in [1.29, 1.82) is 0 Å². The van der Waals surface area contributed by atoms with Gasteiger partial charge in [0.15, 0.2) is 6.29 Å². The Bertz CT molecular complexity index is 1740. The quantitative estimate of drug-likeness (QED) is 0.141. The molecule has 1 fully saturated rings. The third-order valence-electron chi connectivity index (χ3n) is 7.64. The molecule has 0 saturated carbocycles. The van der Waals surface area contributed by atoms with Crippen LogP contribution in [0.5, 0.6) is 5.75 Å². The van der Waals surface area contributed by atoms with Crippen molar-refractivity contribution in [3.8, 4) is 11.4 Å². The molecule has 1 aromatic heterocycles. The standard InChI is InChI=1S/C34H34N6O5S/c1-2-35-33(43)36-26-10-6-9-25(19-26)32-44-29(21-46-34-37-38-39-40(34)27-15-17-28(42)18-16-27)30(23-7-4-3-5-8-23)31(45-32)24-13-11-22(20-41)12-14-24/h3-19,29-32,41-42H,2,20-21H2,1H3,(H2,35,36,43)/t29-,30-,31+,32?/m1/s1. The van der Waals surface area contributed by atoms with E-state index in [0.29, 0.717) is 28.8 Å². The number of aromatic hydroxyl groups is 1. The number of urea groups is 1. The average molecular weight is 639 g/mol. The van der Waals surface area contributed by atoms with Crippen molar-refractivity contribution in [1.82, 2.24) is 25.5 Å². The molecule has 2 heterocycles. The highest BCUT2D eigenvalue weighted by molar-refractivity contribution is 7.99. The van der Waals surface area contributed by atoms with Gasteiger partial charge in [0.05, 0.1) is 24.5 Å². The van der Waals surface area contributed by atoms with Gasteiger partial charge in [0.2, 0.25) is 5.16 Å². The summed E-state index contributed by atoms with van der Waals surface area (Å²) in [4.78, 5) is 12.2. The Morgan fingerprint density at radius 2 is 1.67 bits per heavy atom. The zero-order valence-electron chi connectivity index (χ0n) is 25.1. The molecule has 0 aliphatic carbocycles. The van der Waals surface area contributed by atoms with Crippen molar-refractivity contribution >= 4 is 23.5 Å². The molecule has 1 aliphatic rings. The van der Waals surface area contributed by atoms with Crippen LogP contribution in [-0.2, 0) is 16.1 Å². The maximum absolute atomic E-state index is 12.2. The van der Waals surface area contributed by atoms with E-state index in [4.69, 9.17) is 9.47 Å². The first kappa shape index (κ1) is 31.2. The number of amides is 2. The number of carbonyl (C=O) groups excluding carboxylic acids is 1. The lowest BCUT2D eigenvalue weighted by molar-refractivity contribution is -0.255. The Kier molecular flexibility index (Phi) is 9.89. The zero-order valence-corrected chi connectivity index (χ0v) is 25.9. The smallest absolute Gasteiger partial charge is 0.319 e. The van der Waals surface area contributed by atoms with Crippen LogP contribution in [-0.4, -0.2) is 54.9 Å². The average Bonchev–Trinajstić information content (AvgIpc) is 3.56. The number of benzene rings is 4. The van der Waals surface area contributed by atoms with E-state index in [1.165, 1.54) is 11.8 Å². The molecule has 5 aromatic rings. The fraction of sp³-hybridized carbons (Fsp3) is 0.235. The fourth-order valence-electron chi connectivity index (χ4n) is 5.43. The number of hydrogen-bond donors (Lipinski definition) is 4. The summed E-state index contributed by atoms with van der Waals surface area (Å²) in [6.07, 6.45) is -1.52. The van der Waals surface area contributed by atoms with Gasteiger partial charge in [-0.1, -0.05) is 78.5 Å². The third kappa shape index (κ3) is 7.21. The third-order valence-corrected chi connectivity index (χ3v) is 8.64. The van der Waals surface area contributed by atoms with Crippen molar-refractivity contribution in [2.24, 2.45) is 0 Å². The maximum atomic E-state index is 12.2. The second-order valence-corrected chi connectivity index (χ2v) is 11.7. The summed E-state index contributed by atoms with van der Waals surface area (Å²) in [5.74, 6) is 0.432. The molecule has 11 nitrogen and oxygen atoms in total. The fourth-order valence-corrected chi connectivity index (χ4v) is 6.39. The molecule has 4 aromatic carbocycles. The molecule has 12 heteroatoms. The number of phenolic OH excluding ortho intramolecular Hbond substituents is 1. The summed E-state index contributed by atoms with van der Waals surface area (Å²) in [5, 5.41) is 38.0. The number of nitrogens with one attached hydrogen (secondary N) is 2. The zero-order chi connectivity index (χ0) is 31.9. The highest BCUT2D eigenvalue weighted by Crippen LogP contribution is 2.48. The van der Waals surface area contributed by atoms with Crippen LogP contribution in [0.2, 0.25) is 0 Å². The summed E-state index contributed by atoms with van der Waals surface area (Å²) < 4.78 is 15.2. The van der Waals surface area contributed by atoms with Gasteiger partial charge in [-0.25, -0.2) is 4.79 Å². The summed E-state index contributed by atoms with van der Waals surface area (Å²) >= 11 is 1.46. The van der Waals surface area contributed by atoms with Gasteiger partial charge in [-0.15, -0.1) is 5.10 Å². The Labute approximate surface area is 270 Å². The minimum atomic E-state index is -0.753. The minimum Gasteiger partial charge on any atom is -0.508 e. The molecule has 46 heavy (non-hydrogen) atoms. The molecule has 0 bridgehead atoms. The predicted molar refractivity (Wildman–Crippen MR) is 174 cm³/mol. The second kappa shape index (κ2) is 14.6. The molecule has 6 rings (SSSR count). The van der Waals surface area contributed by atoms with Crippen LogP contribution >= 0.6 is 11.8 Å². The second-order valence-electron chi connectivity index (χ2n) is 10.7. The number of phenols is 1. The lowest BCUT2D eigenvalue weighted by Crippen LogP contribution is -2.38. The van der Waals surface area contributed by atoms with Crippen LogP contribution < -0.4 is 10.6 Å². The van der Waals surface area contributed by atoms with Gasteiger partial charge in [-0.2, -0.15) is 4.68 Å². The van der Waals surface area contributed by atoms with Gasteiger partial charge in [0.1, 0.15) is 5.75 Å². The number of thioether (sulfide) groups is 1. The van der Waals surface area contributed by atoms with Crippen molar-refractivity contribution in [3.63, 3.8) is 0 Å². The lowest BCUT2D eigenvalue weighted by atomic mass is 9.84. The van der Waals surface area contributed by atoms with Crippen molar-refractivity contribution < 1.29 is 24.5 Å². The molecule has 4 N–H and O–H groups in total. The van der Waals surface area contributed by atoms with Crippen LogP contribution in [0.4, 0.5) is 10.5 Å². The van der Waals surface area contributed by atoms with Crippen LogP contribution in [0.1, 0.15) is 47.5 Å². The number of nitrogens with zero attached hydrogens (tertiary/aromatic N) is 4. The van der Waals surface area contributed by atoms with E-state index in [-0.39, 0.29) is 30.4 Å². The van der Waals surface area contributed by atoms with Crippen LogP contribution in [0, 0.1) is 0 Å².